The van der Waals surface area contributed by atoms with E-state index in [4.69, 9.17) is 17.3 Å². The number of rotatable bonds is 5. The van der Waals surface area contributed by atoms with Crippen molar-refractivity contribution in [3.8, 4) is 5.69 Å². The van der Waals surface area contributed by atoms with Crippen molar-refractivity contribution in [3.63, 3.8) is 0 Å². The predicted molar refractivity (Wildman–Crippen MR) is 118 cm³/mol. The van der Waals surface area contributed by atoms with Crippen LogP contribution in [0.2, 0.25) is 0 Å². The van der Waals surface area contributed by atoms with E-state index in [-0.39, 0.29) is 4.32 Å². The van der Waals surface area contributed by atoms with Crippen molar-refractivity contribution in [1.29, 1.82) is 0 Å². The molecule has 3 aromatic rings. The van der Waals surface area contributed by atoms with Crippen LogP contribution in [-0.4, -0.2) is 43.6 Å². The van der Waals surface area contributed by atoms with Crippen LogP contribution in [0.3, 0.4) is 0 Å². The Bertz CT molecular complexity index is 1060. The molecule has 7 heteroatoms. The number of carboxylic acids is 1. The summed E-state index contributed by atoms with van der Waals surface area (Å²) >= 11 is 6.25. The molecule has 0 aliphatic heterocycles. The average Bonchev–Trinajstić information content (AvgIpc) is 3.13. The van der Waals surface area contributed by atoms with Crippen LogP contribution in [-0.2, 0) is 9.59 Å². The van der Waals surface area contributed by atoms with Gasteiger partial charge in [-0.3, -0.25) is 14.5 Å². The Balaban J connectivity index is 1.83. The molecular formula is C21H18N2O3S2. The minimum absolute atomic E-state index is 0.229. The number of hydrogen-bond donors (Lipinski definition) is 1. The molecule has 0 saturated carbocycles. The molecule has 28 heavy (non-hydrogen) atoms. The summed E-state index contributed by atoms with van der Waals surface area (Å²) in [7, 11) is 0. The number of fused-ring (bicyclic) bond motifs is 1. The van der Waals surface area contributed by atoms with Gasteiger partial charge in [0.15, 0.2) is 0 Å². The molecule has 1 N–H and O–H groups in total. The molecule has 1 heterocycles. The molecule has 142 valence electrons. The standard InChI is InChI=1S/C21H18N2O3S2/c1-28-21(27)23(14-20(25)26)19(24)10-8-15-7-9-18-16(13-15)11-12-22(18)17-5-3-2-4-6-17/h2-13H,14H2,1H3,(H,25,26)/b10-8+. The Morgan fingerprint density at radius 3 is 2.61 bits per heavy atom. The topological polar surface area (TPSA) is 62.5 Å². The highest BCUT2D eigenvalue weighted by Gasteiger charge is 2.18. The first-order valence-electron chi connectivity index (χ1n) is 8.45. The second kappa shape index (κ2) is 8.86. The largest absolute Gasteiger partial charge is 0.480 e. The van der Waals surface area contributed by atoms with Gasteiger partial charge in [-0.15, -0.1) is 0 Å². The number of benzene rings is 2. The SMILES string of the molecule is CSC(=S)N(CC(=O)O)C(=O)/C=C/c1ccc2c(ccn2-c2ccccc2)c1. The van der Waals surface area contributed by atoms with Crippen LogP contribution in [0.25, 0.3) is 22.7 Å². The van der Waals surface area contributed by atoms with Crippen LogP contribution in [0.15, 0.2) is 66.9 Å². The van der Waals surface area contributed by atoms with Crippen LogP contribution in [0, 0.1) is 0 Å². The number of amides is 1. The van der Waals surface area contributed by atoms with Gasteiger partial charge in [-0.05, 0) is 48.2 Å². The quantitative estimate of drug-likeness (QED) is 0.504. The molecule has 0 atom stereocenters. The number of nitrogens with zero attached hydrogens (tertiary/aromatic N) is 2. The second-order valence-electron chi connectivity index (χ2n) is 5.96. The number of carboxylic acid groups (broad SMARTS) is 1. The van der Waals surface area contributed by atoms with Crippen LogP contribution >= 0.6 is 24.0 Å². The van der Waals surface area contributed by atoms with E-state index in [0.717, 1.165) is 38.8 Å². The molecule has 0 aliphatic rings. The zero-order valence-electron chi connectivity index (χ0n) is 15.1. The number of carbonyl (C=O) groups excluding carboxylic acids is 1. The number of para-hydroxylation sites is 1. The summed E-state index contributed by atoms with van der Waals surface area (Å²) < 4.78 is 2.33. The predicted octanol–water partition coefficient (Wildman–Crippen LogP) is 4.20. The Kier molecular flexibility index (Phi) is 6.28. The Labute approximate surface area is 172 Å². The maximum absolute atomic E-state index is 12.4. The highest BCUT2D eigenvalue weighted by molar-refractivity contribution is 8.22. The fourth-order valence-electron chi connectivity index (χ4n) is 2.81. The first-order chi connectivity index (χ1) is 13.5. The Morgan fingerprint density at radius 2 is 1.93 bits per heavy atom. The molecule has 5 nitrogen and oxygen atoms in total. The van der Waals surface area contributed by atoms with E-state index in [9.17, 15) is 9.59 Å². The molecule has 3 rings (SSSR count). The average molecular weight is 411 g/mol. The smallest absolute Gasteiger partial charge is 0.323 e. The Morgan fingerprint density at radius 1 is 1.18 bits per heavy atom. The molecule has 1 aromatic heterocycles. The molecule has 0 aliphatic carbocycles. The summed E-state index contributed by atoms with van der Waals surface area (Å²) in [6.07, 6.45) is 6.73. The summed E-state index contributed by atoms with van der Waals surface area (Å²) in [6.45, 7) is -0.457. The van der Waals surface area contributed by atoms with Gasteiger partial charge in [0.2, 0.25) is 0 Å². The van der Waals surface area contributed by atoms with E-state index in [1.165, 1.54) is 6.08 Å². The summed E-state index contributed by atoms with van der Waals surface area (Å²) in [5.41, 5.74) is 2.98. The van der Waals surface area contributed by atoms with E-state index in [2.05, 4.69) is 4.57 Å². The van der Waals surface area contributed by atoms with Gasteiger partial charge in [-0.25, -0.2) is 0 Å². The lowest BCUT2D eigenvalue weighted by Gasteiger charge is -2.17. The lowest BCUT2D eigenvalue weighted by atomic mass is 10.1. The maximum Gasteiger partial charge on any atom is 0.323 e. The first kappa shape index (κ1) is 19.9. The van der Waals surface area contributed by atoms with Crippen molar-refractivity contribution in [2.45, 2.75) is 0 Å². The summed E-state index contributed by atoms with van der Waals surface area (Å²) in [5, 5.41) is 10.0. The van der Waals surface area contributed by atoms with Crippen molar-refractivity contribution >= 4 is 57.2 Å². The fourth-order valence-corrected chi connectivity index (χ4v) is 3.34. The molecule has 0 unspecified atom stereocenters. The lowest BCUT2D eigenvalue weighted by Crippen LogP contribution is -2.37. The van der Waals surface area contributed by atoms with Crippen LogP contribution in [0.1, 0.15) is 5.56 Å². The number of aliphatic carboxylic acids is 1. The number of carbonyl (C=O) groups is 2. The van der Waals surface area contributed by atoms with E-state index < -0.39 is 18.4 Å². The van der Waals surface area contributed by atoms with E-state index >= 15 is 0 Å². The van der Waals surface area contributed by atoms with Crippen LogP contribution in [0.5, 0.6) is 0 Å². The molecule has 0 saturated heterocycles. The van der Waals surface area contributed by atoms with Gasteiger partial charge in [-0.2, -0.15) is 0 Å². The summed E-state index contributed by atoms with van der Waals surface area (Å²) in [4.78, 5) is 24.4. The minimum atomic E-state index is -1.11. The van der Waals surface area contributed by atoms with Crippen LogP contribution < -0.4 is 0 Å². The van der Waals surface area contributed by atoms with Crippen molar-refractivity contribution in [1.82, 2.24) is 9.47 Å². The first-order valence-corrected chi connectivity index (χ1v) is 10.1. The highest BCUT2D eigenvalue weighted by Crippen LogP contribution is 2.22. The monoisotopic (exact) mass is 410 g/mol. The Hall–Kier alpha value is -2.90. The number of thiocarbonyl (C=S) groups is 1. The molecule has 0 spiro atoms. The normalized spacial score (nSPS) is 11.0. The van der Waals surface area contributed by atoms with Crippen molar-refractivity contribution in [2.24, 2.45) is 0 Å². The van der Waals surface area contributed by atoms with Gasteiger partial charge in [0.1, 0.15) is 10.9 Å². The van der Waals surface area contributed by atoms with Gasteiger partial charge in [0.25, 0.3) is 5.91 Å². The third kappa shape index (κ3) is 4.49. The van der Waals surface area contributed by atoms with E-state index in [1.54, 1.807) is 12.3 Å². The van der Waals surface area contributed by atoms with E-state index in [0.29, 0.717) is 0 Å². The van der Waals surface area contributed by atoms with Gasteiger partial charge in [-0.1, -0.05) is 48.2 Å². The van der Waals surface area contributed by atoms with Gasteiger partial charge >= 0.3 is 5.97 Å². The second-order valence-corrected chi connectivity index (χ2v) is 7.40. The van der Waals surface area contributed by atoms with Gasteiger partial charge < -0.3 is 9.67 Å². The molecular weight excluding hydrogens is 392 g/mol. The molecule has 2 aromatic carbocycles. The zero-order chi connectivity index (χ0) is 20.1. The minimum Gasteiger partial charge on any atom is -0.480 e. The van der Waals surface area contributed by atoms with E-state index in [1.807, 2.05) is 60.8 Å². The molecule has 0 fully saturated rings. The van der Waals surface area contributed by atoms with Gasteiger partial charge in [0.05, 0.1) is 5.52 Å². The lowest BCUT2D eigenvalue weighted by molar-refractivity contribution is -0.140. The fraction of sp³-hybridized carbons (Fsp3) is 0.0952. The third-order valence-corrected chi connectivity index (χ3v) is 5.41. The van der Waals surface area contributed by atoms with Crippen molar-refractivity contribution in [2.75, 3.05) is 12.8 Å². The van der Waals surface area contributed by atoms with Crippen molar-refractivity contribution < 1.29 is 14.7 Å². The molecule has 0 bridgehead atoms. The van der Waals surface area contributed by atoms with Gasteiger partial charge in [0, 0.05) is 23.3 Å². The van der Waals surface area contributed by atoms with Crippen molar-refractivity contribution in [3.05, 3.63) is 72.4 Å². The zero-order valence-corrected chi connectivity index (χ0v) is 16.7. The highest BCUT2D eigenvalue weighted by atomic mass is 32.2. The maximum atomic E-state index is 12.4. The number of thioether (sulfide) groups is 1. The number of hydrogen-bond acceptors (Lipinski definition) is 4. The summed E-state index contributed by atoms with van der Waals surface area (Å²) in [5.74, 6) is -1.56. The van der Waals surface area contributed by atoms with Crippen LogP contribution in [0.4, 0.5) is 0 Å². The summed E-state index contributed by atoms with van der Waals surface area (Å²) in [6, 6.07) is 17.9. The molecule has 1 amide bonds. The molecule has 0 radical (unpaired) electrons. The third-order valence-electron chi connectivity index (χ3n) is 4.12. The number of aromatic nitrogens is 1.